The van der Waals surface area contributed by atoms with E-state index in [1.54, 1.807) is 13.8 Å². The summed E-state index contributed by atoms with van der Waals surface area (Å²) in [5.74, 6) is -1.12. The first-order valence-corrected chi connectivity index (χ1v) is 10.3. The number of amides is 1. The highest BCUT2D eigenvalue weighted by atomic mass is 19.4. The monoisotopic (exact) mass is 473 g/mol. The maximum absolute atomic E-state index is 12.9. The lowest BCUT2D eigenvalue weighted by Gasteiger charge is -2.17. The van der Waals surface area contributed by atoms with E-state index in [0.717, 1.165) is 17.8 Å². The molecule has 2 aromatic heterocycles. The fraction of sp³-hybridized carbons (Fsp3) is 0.250. The number of esters is 1. The van der Waals surface area contributed by atoms with Crippen LogP contribution in [-0.4, -0.2) is 35.0 Å². The Morgan fingerprint density at radius 3 is 2.38 bits per heavy atom. The predicted octanol–water partition coefficient (Wildman–Crippen LogP) is 4.34. The van der Waals surface area contributed by atoms with Gasteiger partial charge < -0.3 is 14.8 Å². The summed E-state index contributed by atoms with van der Waals surface area (Å²) in [6.45, 7) is 3.26. The van der Waals surface area contributed by atoms with Crippen LogP contribution in [-0.2, 0) is 22.3 Å². The Morgan fingerprint density at radius 1 is 1.03 bits per heavy atom. The lowest BCUT2D eigenvalue weighted by molar-refractivity contribution is -0.142. The van der Waals surface area contributed by atoms with E-state index in [1.165, 1.54) is 12.3 Å². The molecule has 34 heavy (non-hydrogen) atoms. The van der Waals surface area contributed by atoms with Gasteiger partial charge in [-0.1, -0.05) is 36.4 Å². The smallest absolute Gasteiger partial charge is 0.433 e. The molecule has 0 fully saturated rings. The van der Waals surface area contributed by atoms with E-state index in [4.69, 9.17) is 9.47 Å². The molecule has 0 atom stereocenters. The highest BCUT2D eigenvalue weighted by Gasteiger charge is 2.32. The third-order valence-electron chi connectivity index (χ3n) is 4.79. The fourth-order valence-corrected chi connectivity index (χ4v) is 3.11. The summed E-state index contributed by atoms with van der Waals surface area (Å²) in [5, 5.41) is 2.44. The van der Waals surface area contributed by atoms with Crippen LogP contribution in [0.5, 0.6) is 5.75 Å². The molecule has 7 nitrogen and oxygen atoms in total. The molecule has 0 unspecified atom stereocenters. The minimum Gasteiger partial charge on any atom is -0.486 e. The number of nitrogens with one attached hydrogen (secondary N) is 1. The number of hydrogen-bond donors (Lipinski definition) is 1. The Labute approximate surface area is 194 Å². The number of benzene rings is 1. The fourth-order valence-electron chi connectivity index (χ4n) is 3.11. The second kappa shape index (κ2) is 10.8. The van der Waals surface area contributed by atoms with Crippen molar-refractivity contribution in [1.82, 2.24) is 15.3 Å². The van der Waals surface area contributed by atoms with Crippen molar-refractivity contribution in [2.24, 2.45) is 0 Å². The SMILES string of the molecule is CCOC(=O)CNC(=O)c1ncc(-c2ccc(C(F)(F)F)nc2)c(C)c1OCc1ccccc1. The number of hydrogen-bond acceptors (Lipinski definition) is 6. The van der Waals surface area contributed by atoms with Crippen molar-refractivity contribution in [3.05, 3.63) is 77.4 Å². The minimum atomic E-state index is -4.56. The van der Waals surface area contributed by atoms with Gasteiger partial charge >= 0.3 is 12.1 Å². The van der Waals surface area contributed by atoms with Crippen LogP contribution < -0.4 is 10.1 Å². The van der Waals surface area contributed by atoms with E-state index >= 15 is 0 Å². The molecular weight excluding hydrogens is 451 g/mol. The van der Waals surface area contributed by atoms with Crippen molar-refractivity contribution in [2.45, 2.75) is 26.6 Å². The zero-order valence-electron chi connectivity index (χ0n) is 18.5. The normalized spacial score (nSPS) is 11.1. The number of halogens is 3. The number of ether oxygens (including phenoxy) is 2. The third-order valence-corrected chi connectivity index (χ3v) is 4.79. The molecule has 0 radical (unpaired) electrons. The maximum Gasteiger partial charge on any atom is 0.433 e. The summed E-state index contributed by atoms with van der Waals surface area (Å²) < 4.78 is 49.4. The lowest BCUT2D eigenvalue weighted by atomic mass is 10.0. The molecule has 1 N–H and O–H groups in total. The topological polar surface area (TPSA) is 90.4 Å². The van der Waals surface area contributed by atoms with E-state index in [1.807, 2.05) is 30.3 Å². The maximum atomic E-state index is 12.9. The summed E-state index contributed by atoms with van der Waals surface area (Å²) in [5.41, 5.74) is 1.06. The number of carbonyl (C=O) groups is 2. The molecule has 1 amide bonds. The van der Waals surface area contributed by atoms with E-state index in [9.17, 15) is 22.8 Å². The molecule has 1 aromatic carbocycles. The zero-order valence-corrected chi connectivity index (χ0v) is 18.5. The Hall–Kier alpha value is -3.95. The first-order chi connectivity index (χ1) is 16.2. The average molecular weight is 473 g/mol. The molecule has 10 heteroatoms. The van der Waals surface area contributed by atoms with Crippen molar-refractivity contribution in [1.29, 1.82) is 0 Å². The van der Waals surface area contributed by atoms with Crippen LogP contribution in [0, 0.1) is 6.92 Å². The highest BCUT2D eigenvalue weighted by Crippen LogP contribution is 2.34. The molecular formula is C24H22F3N3O4. The molecule has 0 aliphatic rings. The number of nitrogens with zero attached hydrogens (tertiary/aromatic N) is 2. The van der Waals surface area contributed by atoms with Gasteiger partial charge in [-0.05, 0) is 25.5 Å². The first-order valence-electron chi connectivity index (χ1n) is 10.3. The number of carbonyl (C=O) groups excluding carboxylic acids is 2. The summed E-state index contributed by atoms with van der Waals surface area (Å²) in [6, 6.07) is 11.4. The van der Waals surface area contributed by atoms with Crippen molar-refractivity contribution >= 4 is 11.9 Å². The first kappa shape index (κ1) is 24.7. The van der Waals surface area contributed by atoms with Gasteiger partial charge in [0, 0.05) is 29.1 Å². The van der Waals surface area contributed by atoms with Crippen molar-refractivity contribution in [3.8, 4) is 16.9 Å². The van der Waals surface area contributed by atoms with Gasteiger partial charge in [0.2, 0.25) is 0 Å². The van der Waals surface area contributed by atoms with Gasteiger partial charge in [-0.25, -0.2) is 4.98 Å². The Kier molecular flexibility index (Phi) is 7.83. The zero-order chi connectivity index (χ0) is 24.7. The lowest BCUT2D eigenvalue weighted by Crippen LogP contribution is -2.31. The van der Waals surface area contributed by atoms with Crippen LogP contribution in [0.1, 0.15) is 34.2 Å². The molecule has 3 rings (SSSR count). The predicted molar refractivity (Wildman–Crippen MR) is 117 cm³/mol. The van der Waals surface area contributed by atoms with Crippen LogP contribution in [0.3, 0.4) is 0 Å². The van der Waals surface area contributed by atoms with Gasteiger partial charge in [-0.2, -0.15) is 13.2 Å². The van der Waals surface area contributed by atoms with E-state index in [0.29, 0.717) is 16.7 Å². The minimum absolute atomic E-state index is 0.0682. The molecule has 178 valence electrons. The molecule has 0 bridgehead atoms. The summed E-state index contributed by atoms with van der Waals surface area (Å²) in [4.78, 5) is 32.0. The average Bonchev–Trinajstić information content (AvgIpc) is 2.82. The quantitative estimate of drug-likeness (QED) is 0.490. The summed E-state index contributed by atoms with van der Waals surface area (Å²) >= 11 is 0. The van der Waals surface area contributed by atoms with Crippen molar-refractivity contribution in [2.75, 3.05) is 13.2 Å². The highest BCUT2D eigenvalue weighted by molar-refractivity contribution is 5.97. The van der Waals surface area contributed by atoms with Crippen LogP contribution in [0.2, 0.25) is 0 Å². The molecule has 0 aliphatic carbocycles. The van der Waals surface area contributed by atoms with Gasteiger partial charge in [-0.15, -0.1) is 0 Å². The molecule has 3 aromatic rings. The summed E-state index contributed by atoms with van der Waals surface area (Å²) in [7, 11) is 0. The Balaban J connectivity index is 1.94. The molecule has 0 aliphatic heterocycles. The van der Waals surface area contributed by atoms with Gasteiger partial charge in [0.1, 0.15) is 18.8 Å². The molecule has 0 saturated carbocycles. The van der Waals surface area contributed by atoms with Gasteiger partial charge in [0.05, 0.1) is 6.61 Å². The number of alkyl halides is 3. The van der Waals surface area contributed by atoms with Crippen LogP contribution >= 0.6 is 0 Å². The number of aromatic nitrogens is 2. The Bertz CT molecular complexity index is 1150. The van der Waals surface area contributed by atoms with E-state index in [-0.39, 0.29) is 31.2 Å². The largest absolute Gasteiger partial charge is 0.486 e. The second-order valence-corrected chi connectivity index (χ2v) is 7.17. The Morgan fingerprint density at radius 2 is 1.76 bits per heavy atom. The molecule has 0 saturated heterocycles. The van der Waals surface area contributed by atoms with Crippen LogP contribution in [0.4, 0.5) is 13.2 Å². The molecule has 0 spiro atoms. The van der Waals surface area contributed by atoms with Gasteiger partial charge in [0.25, 0.3) is 5.91 Å². The van der Waals surface area contributed by atoms with Gasteiger partial charge in [0.15, 0.2) is 11.4 Å². The summed E-state index contributed by atoms with van der Waals surface area (Å²) in [6.07, 6.45) is -2.11. The van der Waals surface area contributed by atoms with Crippen molar-refractivity contribution < 1.29 is 32.2 Å². The second-order valence-electron chi connectivity index (χ2n) is 7.17. The number of pyridine rings is 2. The number of rotatable bonds is 8. The third kappa shape index (κ3) is 6.09. The van der Waals surface area contributed by atoms with E-state index < -0.39 is 23.7 Å². The van der Waals surface area contributed by atoms with Crippen LogP contribution in [0.25, 0.3) is 11.1 Å². The molecule has 2 heterocycles. The van der Waals surface area contributed by atoms with Gasteiger partial charge in [-0.3, -0.25) is 14.6 Å². The van der Waals surface area contributed by atoms with Crippen LogP contribution in [0.15, 0.2) is 54.9 Å². The standard InChI is InChI=1S/C24H22F3N3O4/c1-3-33-20(31)13-30-23(32)21-22(34-14-16-7-5-4-6-8-16)15(2)18(12-29-21)17-9-10-19(28-11-17)24(25,26)27/h4-12H,3,13-14H2,1-2H3,(H,30,32). The van der Waals surface area contributed by atoms with Crippen molar-refractivity contribution in [3.63, 3.8) is 0 Å². The van der Waals surface area contributed by atoms with E-state index in [2.05, 4.69) is 15.3 Å².